The molecular weight excluding hydrogens is 385 g/mol. The maximum absolute atomic E-state index is 11.8. The Labute approximate surface area is 180 Å². The molecule has 0 spiro atoms. The van der Waals surface area contributed by atoms with Crippen molar-refractivity contribution in [3.8, 4) is 0 Å². The van der Waals surface area contributed by atoms with Crippen LogP contribution in [0.15, 0.2) is 0 Å². The smallest absolute Gasteiger partial charge is 0.329 e. The van der Waals surface area contributed by atoms with E-state index in [1.54, 1.807) is 0 Å². The van der Waals surface area contributed by atoms with Crippen LogP contribution in [0.2, 0.25) is 0 Å². The van der Waals surface area contributed by atoms with Gasteiger partial charge in [0.15, 0.2) is 0 Å². The lowest BCUT2D eigenvalue weighted by atomic mass is 9.80. The van der Waals surface area contributed by atoms with E-state index in [0.717, 1.165) is 25.7 Å². The van der Waals surface area contributed by atoms with Crippen LogP contribution in [0, 0.1) is 5.92 Å². The monoisotopic (exact) mass is 434 g/mol. The van der Waals surface area contributed by atoms with Crippen molar-refractivity contribution in [1.82, 2.24) is 0 Å². The fourth-order valence-corrected chi connectivity index (χ4v) is 5.85. The Morgan fingerprint density at radius 2 is 1.07 bits per heavy atom. The zero-order chi connectivity index (χ0) is 21.8. The van der Waals surface area contributed by atoms with Gasteiger partial charge < -0.3 is 14.3 Å². The molecule has 0 radical (unpaired) electrons. The number of likely N-dealkylation sites (N-methyl/N-ethyl adjacent to an activating group) is 1. The molecule has 6 heteroatoms. The van der Waals surface area contributed by atoms with Crippen LogP contribution in [0.25, 0.3) is 0 Å². The third-order valence-corrected chi connectivity index (χ3v) is 6.99. The minimum absolute atomic E-state index is 0.183. The van der Waals surface area contributed by atoms with Crippen molar-refractivity contribution >= 4 is 7.82 Å². The molecule has 0 aromatic heterocycles. The summed E-state index contributed by atoms with van der Waals surface area (Å²) in [5.41, 5.74) is -0.805. The molecule has 1 saturated carbocycles. The van der Waals surface area contributed by atoms with Crippen LogP contribution < -0.4 is 0 Å². The molecule has 1 aliphatic rings. The molecule has 0 aliphatic heterocycles. The number of hydrogen-bond acceptors (Lipinski definition) is 2. The molecule has 0 bridgehead atoms. The second kappa shape index (κ2) is 13.5. The highest BCUT2D eigenvalue weighted by molar-refractivity contribution is 7.46. The van der Waals surface area contributed by atoms with Crippen LogP contribution in [-0.2, 0) is 9.09 Å². The molecule has 0 aromatic carbocycles. The predicted octanol–water partition coefficient (Wildman–Crippen LogP) is 6.43. The van der Waals surface area contributed by atoms with E-state index in [9.17, 15) is 14.4 Å². The average molecular weight is 435 g/mol. The van der Waals surface area contributed by atoms with Crippen LogP contribution in [0.1, 0.15) is 110 Å². The van der Waals surface area contributed by atoms with Crippen molar-refractivity contribution in [2.75, 3.05) is 27.7 Å². The summed E-state index contributed by atoms with van der Waals surface area (Å²) in [6.07, 6.45) is 20.1. The van der Waals surface area contributed by atoms with Gasteiger partial charge in [0.25, 0.3) is 0 Å². The van der Waals surface area contributed by atoms with E-state index in [1.165, 1.54) is 77.0 Å². The second-order valence-electron chi connectivity index (χ2n) is 10.6. The third kappa shape index (κ3) is 13.9. The van der Waals surface area contributed by atoms with Gasteiger partial charge in [-0.3, -0.25) is 4.52 Å². The number of nitrogens with zero attached hydrogens (tertiary/aromatic N) is 1. The Bertz CT molecular complexity index is 456. The van der Waals surface area contributed by atoms with Crippen molar-refractivity contribution in [3.05, 3.63) is 0 Å². The van der Waals surface area contributed by atoms with E-state index >= 15 is 0 Å². The molecule has 2 N–H and O–H groups in total. The summed E-state index contributed by atoms with van der Waals surface area (Å²) in [5, 5.41) is 0. The van der Waals surface area contributed by atoms with Crippen molar-refractivity contribution in [2.24, 2.45) is 5.92 Å². The van der Waals surface area contributed by atoms with Gasteiger partial charge in [-0.2, -0.15) is 0 Å². The molecule has 0 amide bonds. The highest BCUT2D eigenvalue weighted by Gasteiger charge is 2.44. The molecule has 1 atom stereocenters. The summed E-state index contributed by atoms with van der Waals surface area (Å²) in [4.78, 5) is 19.2. The molecule has 0 aromatic rings. The third-order valence-electron chi connectivity index (χ3n) is 6.33. The first kappa shape index (κ1) is 27.1. The first-order valence-electron chi connectivity index (χ1n) is 12.1. The van der Waals surface area contributed by atoms with E-state index in [1.807, 2.05) is 6.92 Å². The molecule has 29 heavy (non-hydrogen) atoms. The summed E-state index contributed by atoms with van der Waals surface area (Å²) in [6.45, 7) is 2.53. The lowest BCUT2D eigenvalue weighted by Gasteiger charge is -2.41. The maximum Gasteiger partial charge on any atom is 0.470 e. The lowest BCUT2D eigenvalue weighted by molar-refractivity contribution is -0.877. The summed E-state index contributed by atoms with van der Waals surface area (Å²) >= 11 is 0. The van der Waals surface area contributed by atoms with Gasteiger partial charge >= 0.3 is 7.82 Å². The van der Waals surface area contributed by atoms with E-state index in [0.29, 0.717) is 11.0 Å². The maximum atomic E-state index is 11.8. The first-order chi connectivity index (χ1) is 13.5. The van der Waals surface area contributed by atoms with Crippen molar-refractivity contribution in [1.29, 1.82) is 0 Å². The van der Waals surface area contributed by atoms with Crippen molar-refractivity contribution < 1.29 is 23.4 Å². The minimum atomic E-state index is -4.54. The van der Waals surface area contributed by atoms with Gasteiger partial charge in [0.05, 0.1) is 21.1 Å². The van der Waals surface area contributed by atoms with Gasteiger partial charge in [0.1, 0.15) is 12.1 Å². The minimum Gasteiger partial charge on any atom is -0.329 e. The number of phosphoric acid groups is 1. The molecule has 1 unspecified atom stereocenters. The molecule has 5 nitrogen and oxygen atoms in total. The predicted molar refractivity (Wildman–Crippen MR) is 122 cm³/mol. The van der Waals surface area contributed by atoms with E-state index in [-0.39, 0.29) is 5.92 Å². The Morgan fingerprint density at radius 3 is 1.34 bits per heavy atom. The Morgan fingerprint density at radius 1 is 0.759 bits per heavy atom. The SMILES string of the molecule is CC(C[N+](C)(C)C)(OP(=O)(O)O)C1CCCCCCCCCCCCCCCC1. The van der Waals surface area contributed by atoms with Crippen LogP contribution in [0.5, 0.6) is 0 Å². The normalized spacial score (nSPS) is 23.2. The zero-order valence-electron chi connectivity index (χ0n) is 19.7. The average Bonchev–Trinajstić information content (AvgIpc) is 2.55. The highest BCUT2D eigenvalue weighted by Crippen LogP contribution is 2.46. The molecule has 0 saturated heterocycles. The summed E-state index contributed by atoms with van der Waals surface area (Å²) in [7, 11) is 1.67. The van der Waals surface area contributed by atoms with Crippen LogP contribution in [0.4, 0.5) is 0 Å². The Kier molecular flexibility index (Phi) is 12.6. The quantitative estimate of drug-likeness (QED) is 0.386. The topological polar surface area (TPSA) is 66.8 Å². The number of hydrogen-bond donors (Lipinski definition) is 2. The summed E-state index contributed by atoms with van der Waals surface area (Å²) in [5.74, 6) is 0.183. The van der Waals surface area contributed by atoms with Gasteiger partial charge in [-0.15, -0.1) is 0 Å². The van der Waals surface area contributed by atoms with Gasteiger partial charge in [-0.05, 0) is 25.7 Å². The number of quaternary nitrogens is 1. The summed E-state index contributed by atoms with van der Waals surface area (Å²) in [6, 6.07) is 0. The van der Waals surface area contributed by atoms with Gasteiger partial charge in [-0.25, -0.2) is 4.57 Å². The molecule has 1 fully saturated rings. The fourth-order valence-electron chi connectivity index (χ4n) is 5.10. The van der Waals surface area contributed by atoms with Crippen LogP contribution >= 0.6 is 7.82 Å². The van der Waals surface area contributed by atoms with Crippen LogP contribution in [-0.4, -0.2) is 47.6 Å². The van der Waals surface area contributed by atoms with Crippen molar-refractivity contribution in [3.63, 3.8) is 0 Å². The molecular formula is C23H49NO4P+. The highest BCUT2D eigenvalue weighted by atomic mass is 31.2. The van der Waals surface area contributed by atoms with Gasteiger partial charge in [0.2, 0.25) is 0 Å². The number of phosphoric ester groups is 1. The molecule has 1 rings (SSSR count). The Balaban J connectivity index is 2.81. The molecule has 0 heterocycles. The molecule has 1 aliphatic carbocycles. The van der Waals surface area contributed by atoms with Gasteiger partial charge in [-0.1, -0.05) is 89.9 Å². The second-order valence-corrected chi connectivity index (χ2v) is 11.7. The fraction of sp³-hybridized carbons (Fsp3) is 1.00. The van der Waals surface area contributed by atoms with Crippen molar-refractivity contribution in [2.45, 2.75) is 115 Å². The van der Waals surface area contributed by atoms with E-state index in [4.69, 9.17) is 4.52 Å². The van der Waals surface area contributed by atoms with Crippen LogP contribution in [0.3, 0.4) is 0 Å². The largest absolute Gasteiger partial charge is 0.470 e. The first-order valence-corrected chi connectivity index (χ1v) is 13.6. The standard InChI is InChI=1S/C23H48NO4P/c1-23(21-24(2,3)4,28-29(25,26)27)22-19-17-15-13-11-9-7-5-6-8-10-12-14-16-18-20-22/h22H,5-21H2,1-4H3,(H-,25,26,27)/p+1. The lowest BCUT2D eigenvalue weighted by Crippen LogP contribution is -2.52. The molecule has 174 valence electrons. The van der Waals surface area contributed by atoms with E-state index < -0.39 is 13.4 Å². The number of rotatable bonds is 5. The summed E-state index contributed by atoms with van der Waals surface area (Å²) < 4.78 is 18.0. The Hall–Kier alpha value is 0.0700. The zero-order valence-corrected chi connectivity index (χ0v) is 20.6. The van der Waals surface area contributed by atoms with E-state index in [2.05, 4.69) is 21.1 Å². The van der Waals surface area contributed by atoms with Gasteiger partial charge in [0, 0.05) is 0 Å².